The van der Waals surface area contributed by atoms with Crippen LogP contribution in [0.4, 0.5) is 5.69 Å². The fourth-order valence-corrected chi connectivity index (χ4v) is 5.85. The van der Waals surface area contributed by atoms with Crippen LogP contribution in [0, 0.1) is 24.2 Å². The van der Waals surface area contributed by atoms with E-state index in [4.69, 9.17) is 4.74 Å². The lowest BCUT2D eigenvalue weighted by molar-refractivity contribution is -0.150. The first-order valence-electron chi connectivity index (χ1n) is 10.7. The van der Waals surface area contributed by atoms with Gasteiger partial charge < -0.3 is 15.4 Å². The molecule has 2 aromatic rings. The van der Waals surface area contributed by atoms with E-state index in [0.717, 1.165) is 43.9 Å². The Morgan fingerprint density at radius 3 is 2.60 bits per heavy atom. The molecule has 7 nitrogen and oxygen atoms in total. The summed E-state index contributed by atoms with van der Waals surface area (Å²) in [5.41, 5.74) is 3.48. The highest BCUT2D eigenvalue weighted by Gasteiger charge is 2.44. The third kappa shape index (κ3) is 6.15. The first-order valence-corrected chi connectivity index (χ1v) is 13.3. The van der Waals surface area contributed by atoms with Crippen LogP contribution in [0.1, 0.15) is 29.5 Å². The molecule has 0 spiro atoms. The minimum absolute atomic E-state index is 0.0342. The van der Waals surface area contributed by atoms with Crippen LogP contribution in [-0.4, -0.2) is 30.6 Å². The molecular formula is C25H23Br2N3O4S. The van der Waals surface area contributed by atoms with Crippen molar-refractivity contribution in [3.05, 3.63) is 72.6 Å². The molecule has 0 aromatic heterocycles. The average Bonchev–Trinajstić information content (AvgIpc) is 2.83. The van der Waals surface area contributed by atoms with E-state index in [-0.39, 0.29) is 22.3 Å². The summed E-state index contributed by atoms with van der Waals surface area (Å²) in [5, 5.41) is 15.8. The summed E-state index contributed by atoms with van der Waals surface area (Å²) in [7, 11) is 1.20. The number of benzene rings is 2. The van der Waals surface area contributed by atoms with Gasteiger partial charge in [0, 0.05) is 20.6 Å². The summed E-state index contributed by atoms with van der Waals surface area (Å²) < 4.78 is 6.54. The first kappa shape index (κ1) is 27.0. The van der Waals surface area contributed by atoms with E-state index in [2.05, 4.69) is 48.6 Å². The molecule has 10 heteroatoms. The highest BCUT2D eigenvalue weighted by molar-refractivity contribution is 9.10. The van der Waals surface area contributed by atoms with E-state index < -0.39 is 23.7 Å². The van der Waals surface area contributed by atoms with Crippen LogP contribution in [0.15, 0.2) is 55.9 Å². The number of nitriles is 1. The number of carbonyl (C=O) groups is 3. The number of esters is 1. The van der Waals surface area contributed by atoms with Crippen LogP contribution < -0.4 is 10.6 Å². The number of anilines is 1. The van der Waals surface area contributed by atoms with Crippen molar-refractivity contribution in [3.63, 3.8) is 0 Å². The van der Waals surface area contributed by atoms with Crippen molar-refractivity contribution in [3.8, 4) is 6.07 Å². The highest BCUT2D eigenvalue weighted by Crippen LogP contribution is 2.40. The molecule has 1 heterocycles. The van der Waals surface area contributed by atoms with Gasteiger partial charge in [-0.3, -0.25) is 14.4 Å². The van der Waals surface area contributed by atoms with Crippen molar-refractivity contribution >= 4 is 67.1 Å². The summed E-state index contributed by atoms with van der Waals surface area (Å²) in [4.78, 5) is 38.3. The Morgan fingerprint density at radius 1 is 1.23 bits per heavy atom. The number of halogens is 2. The van der Waals surface area contributed by atoms with Crippen molar-refractivity contribution in [2.45, 2.75) is 26.2 Å². The number of thioether (sulfide) groups is 1. The van der Waals surface area contributed by atoms with Gasteiger partial charge in [-0.1, -0.05) is 62.7 Å². The normalized spacial score (nSPS) is 17.4. The monoisotopic (exact) mass is 619 g/mol. The quantitative estimate of drug-likeness (QED) is 0.326. The topological polar surface area (TPSA) is 108 Å². The molecule has 3 rings (SSSR count). The lowest BCUT2D eigenvalue weighted by Gasteiger charge is -2.31. The van der Waals surface area contributed by atoms with Gasteiger partial charge in [-0.25, -0.2) is 0 Å². The number of nitrogens with zero attached hydrogens (tertiary/aromatic N) is 1. The number of ether oxygens (including phenoxy) is 1. The van der Waals surface area contributed by atoms with Crippen LogP contribution in [0.5, 0.6) is 0 Å². The minimum atomic E-state index is -1.22. The Hall–Kier alpha value is -2.61. The molecule has 182 valence electrons. The van der Waals surface area contributed by atoms with Crippen molar-refractivity contribution in [2.75, 3.05) is 18.2 Å². The molecule has 1 aliphatic rings. The largest absolute Gasteiger partial charge is 0.468 e. The Kier molecular flexibility index (Phi) is 9.16. The van der Waals surface area contributed by atoms with Gasteiger partial charge in [0.2, 0.25) is 11.8 Å². The number of hydrogen-bond donors (Lipinski definition) is 2. The molecule has 1 aliphatic heterocycles. The van der Waals surface area contributed by atoms with Gasteiger partial charge in [0.05, 0.1) is 29.5 Å². The zero-order valence-electron chi connectivity index (χ0n) is 19.3. The molecule has 0 saturated carbocycles. The standard InChI is InChI=1S/C25H23Br2N3O4S/c1-4-14-9-17(27)8-13(2)22(14)29-19(31)12-35-24-18(11-28)20(15-6-5-7-16(26)10-15)21(23(32)30-24)25(33)34-3/h5-10,20-21H,4,12H2,1-3H3,(H,29,31)(H,30,32)/t20-,21+/m1/s1. The van der Waals surface area contributed by atoms with Crippen LogP contribution >= 0.6 is 43.6 Å². The number of nitrogens with one attached hydrogen (secondary N) is 2. The zero-order chi connectivity index (χ0) is 25.7. The van der Waals surface area contributed by atoms with Gasteiger partial charge in [0.25, 0.3) is 0 Å². The van der Waals surface area contributed by atoms with Crippen molar-refractivity contribution in [1.29, 1.82) is 5.26 Å². The number of allylic oxidation sites excluding steroid dienone is 1. The molecule has 0 bridgehead atoms. The van der Waals surface area contributed by atoms with E-state index >= 15 is 0 Å². The van der Waals surface area contributed by atoms with Gasteiger partial charge in [0.1, 0.15) is 5.92 Å². The van der Waals surface area contributed by atoms with Crippen LogP contribution in [-0.2, 0) is 25.5 Å². The fraction of sp³-hybridized carbons (Fsp3) is 0.280. The molecule has 0 fully saturated rings. The zero-order valence-corrected chi connectivity index (χ0v) is 23.3. The van der Waals surface area contributed by atoms with Gasteiger partial charge >= 0.3 is 5.97 Å². The van der Waals surface area contributed by atoms with Crippen molar-refractivity contribution in [2.24, 2.45) is 5.92 Å². The second kappa shape index (κ2) is 11.9. The maximum atomic E-state index is 12.9. The number of amides is 2. The number of carbonyl (C=O) groups excluding carboxylic acids is 3. The Labute approximate surface area is 224 Å². The van der Waals surface area contributed by atoms with Crippen LogP contribution in [0.25, 0.3) is 0 Å². The van der Waals surface area contributed by atoms with Crippen LogP contribution in [0.2, 0.25) is 0 Å². The molecule has 0 aliphatic carbocycles. The molecule has 2 amide bonds. The molecule has 2 aromatic carbocycles. The number of methoxy groups -OCH3 is 1. The fourth-order valence-electron chi connectivity index (χ4n) is 3.96. The van der Waals surface area contributed by atoms with Crippen molar-refractivity contribution in [1.82, 2.24) is 5.32 Å². The summed E-state index contributed by atoms with van der Waals surface area (Å²) in [6, 6.07) is 13.1. The van der Waals surface area contributed by atoms with E-state index in [9.17, 15) is 19.6 Å². The smallest absolute Gasteiger partial charge is 0.319 e. The van der Waals surface area contributed by atoms with E-state index in [0.29, 0.717) is 5.56 Å². The second-order valence-corrected chi connectivity index (χ2v) is 10.6. The number of hydrogen-bond acceptors (Lipinski definition) is 6. The Balaban J connectivity index is 1.91. The number of aryl methyl sites for hydroxylation is 2. The predicted octanol–water partition coefficient (Wildman–Crippen LogP) is 5.19. The average molecular weight is 621 g/mol. The van der Waals surface area contributed by atoms with Crippen LogP contribution in [0.3, 0.4) is 0 Å². The Morgan fingerprint density at radius 2 is 1.97 bits per heavy atom. The van der Waals surface area contributed by atoms with Gasteiger partial charge in [-0.2, -0.15) is 5.26 Å². The van der Waals surface area contributed by atoms with Gasteiger partial charge in [-0.05, 0) is 54.3 Å². The molecule has 0 unspecified atom stereocenters. The molecule has 0 radical (unpaired) electrons. The summed E-state index contributed by atoms with van der Waals surface area (Å²) in [6.07, 6.45) is 0.742. The Bertz CT molecular complexity index is 1260. The van der Waals surface area contributed by atoms with Crippen molar-refractivity contribution < 1.29 is 19.1 Å². The summed E-state index contributed by atoms with van der Waals surface area (Å²) in [6.45, 7) is 3.92. The van der Waals surface area contributed by atoms with E-state index in [1.165, 1.54) is 7.11 Å². The third-order valence-electron chi connectivity index (χ3n) is 5.57. The molecule has 35 heavy (non-hydrogen) atoms. The second-order valence-electron chi connectivity index (χ2n) is 7.82. The highest BCUT2D eigenvalue weighted by atomic mass is 79.9. The SMILES string of the molecule is CCc1cc(Br)cc(C)c1NC(=O)CSC1=C(C#N)[C@@H](c2cccc(Br)c2)[C@H](C(=O)OC)C(=O)N1. The van der Waals surface area contributed by atoms with E-state index in [1.807, 2.05) is 32.0 Å². The summed E-state index contributed by atoms with van der Waals surface area (Å²) in [5.74, 6) is -3.69. The first-order chi connectivity index (χ1) is 16.7. The third-order valence-corrected chi connectivity index (χ3v) is 7.53. The van der Waals surface area contributed by atoms with E-state index in [1.54, 1.807) is 18.2 Å². The molecular weight excluding hydrogens is 598 g/mol. The van der Waals surface area contributed by atoms with Gasteiger partial charge in [0.15, 0.2) is 0 Å². The lowest BCUT2D eigenvalue weighted by atomic mass is 9.78. The van der Waals surface area contributed by atoms with Gasteiger partial charge in [-0.15, -0.1) is 0 Å². The number of rotatable bonds is 7. The lowest BCUT2D eigenvalue weighted by Crippen LogP contribution is -2.44. The predicted molar refractivity (Wildman–Crippen MR) is 143 cm³/mol. The molecule has 2 atom stereocenters. The maximum absolute atomic E-state index is 12.9. The summed E-state index contributed by atoms with van der Waals surface area (Å²) >= 11 is 7.93. The maximum Gasteiger partial charge on any atom is 0.319 e. The molecule has 0 saturated heterocycles. The minimum Gasteiger partial charge on any atom is -0.468 e. The molecule has 2 N–H and O–H groups in total.